The van der Waals surface area contributed by atoms with Crippen LogP contribution in [0.5, 0.6) is 0 Å². The van der Waals surface area contributed by atoms with Crippen LogP contribution in [0, 0.1) is 5.41 Å². The number of carbonyl (C=O) groups is 2. The fraction of sp³-hybridized carbons (Fsp3) is 0.265. The summed E-state index contributed by atoms with van der Waals surface area (Å²) in [5.74, 6) is -0.387. The van der Waals surface area contributed by atoms with Crippen molar-refractivity contribution in [1.29, 1.82) is 0 Å². The summed E-state index contributed by atoms with van der Waals surface area (Å²) in [5, 5.41) is 6.73. The Kier molecular flexibility index (Phi) is 7.99. The van der Waals surface area contributed by atoms with Gasteiger partial charge in [-0.05, 0) is 34.6 Å². The lowest BCUT2D eigenvalue weighted by molar-refractivity contribution is -0.142. The zero-order chi connectivity index (χ0) is 28.2. The zero-order valence-corrected chi connectivity index (χ0v) is 23.9. The molecule has 0 aliphatic heterocycles. The number of aromatic nitrogens is 1. The first-order chi connectivity index (χ1) is 19.3. The molecule has 0 spiro atoms. The Hall–Kier alpha value is -4.03. The molecule has 0 bridgehead atoms. The van der Waals surface area contributed by atoms with Crippen molar-refractivity contribution in [2.24, 2.45) is 5.41 Å². The number of hydrogen-bond acceptors (Lipinski definition) is 6. The van der Waals surface area contributed by atoms with Gasteiger partial charge in [-0.2, -0.15) is 0 Å². The summed E-state index contributed by atoms with van der Waals surface area (Å²) in [6, 6.07) is 31.3. The minimum atomic E-state index is -0.671. The van der Waals surface area contributed by atoms with Crippen molar-refractivity contribution in [3.8, 4) is 0 Å². The van der Waals surface area contributed by atoms with Crippen molar-refractivity contribution >= 4 is 28.2 Å². The standard InChI is InChI=1S/C34H34N2O3S/c1-4-31(38)39-30-21-20-27(33(2,3)22-29(30)37)28-23-40-32(35-28)36-34(24-14-8-5-9-15-24,25-16-10-6-11-17-25)26-18-12-7-13-19-26/h5-19,21,23,27H,4,20,22H2,1-3H3,(H,35,36). The van der Waals surface area contributed by atoms with Gasteiger partial charge in [0.2, 0.25) is 0 Å². The van der Waals surface area contributed by atoms with Gasteiger partial charge in [-0.3, -0.25) is 9.59 Å². The first kappa shape index (κ1) is 27.5. The highest BCUT2D eigenvalue weighted by Gasteiger charge is 2.40. The third-order valence-electron chi connectivity index (χ3n) is 7.68. The number of anilines is 1. The second kappa shape index (κ2) is 11.6. The Morgan fingerprint density at radius 3 is 1.98 bits per heavy atom. The Morgan fingerprint density at radius 2 is 1.48 bits per heavy atom. The number of Topliss-reactive ketones (excluding diaryl/α,β-unsaturated/α-hetero) is 1. The number of carbonyl (C=O) groups excluding carboxylic acids is 2. The highest BCUT2D eigenvalue weighted by atomic mass is 32.1. The monoisotopic (exact) mass is 550 g/mol. The molecule has 1 heterocycles. The first-order valence-corrected chi connectivity index (χ1v) is 14.6. The first-order valence-electron chi connectivity index (χ1n) is 13.7. The van der Waals surface area contributed by atoms with Crippen LogP contribution in [0.15, 0.2) is 108 Å². The lowest BCUT2D eigenvalue weighted by atomic mass is 9.73. The van der Waals surface area contributed by atoms with Crippen LogP contribution < -0.4 is 5.32 Å². The Morgan fingerprint density at radius 1 is 0.950 bits per heavy atom. The van der Waals surface area contributed by atoms with E-state index in [1.54, 1.807) is 24.3 Å². The number of ether oxygens (including phenoxy) is 1. The normalized spacial score (nSPS) is 17.0. The van der Waals surface area contributed by atoms with Crippen LogP contribution in [-0.4, -0.2) is 16.7 Å². The molecule has 3 aromatic carbocycles. The third-order valence-corrected chi connectivity index (χ3v) is 8.46. The molecule has 1 aromatic heterocycles. The number of esters is 1. The molecule has 1 aliphatic rings. The maximum Gasteiger partial charge on any atom is 0.311 e. The quantitative estimate of drug-likeness (QED) is 0.179. The minimum Gasteiger partial charge on any atom is -0.423 e. The fourth-order valence-electron chi connectivity index (χ4n) is 5.54. The van der Waals surface area contributed by atoms with E-state index >= 15 is 0 Å². The smallest absolute Gasteiger partial charge is 0.311 e. The topological polar surface area (TPSA) is 68.3 Å². The molecule has 5 rings (SSSR count). The Balaban J connectivity index is 1.55. The molecule has 204 valence electrons. The second-order valence-electron chi connectivity index (χ2n) is 10.8. The van der Waals surface area contributed by atoms with E-state index in [1.165, 1.54) is 0 Å². The SMILES string of the molecule is CCC(=O)OC1=CCC(c2csc(NC(c3ccccc3)(c3ccccc3)c3ccccc3)n2)C(C)(C)CC1=O. The van der Waals surface area contributed by atoms with Crippen molar-refractivity contribution in [3.63, 3.8) is 0 Å². The van der Waals surface area contributed by atoms with Gasteiger partial charge in [-0.15, -0.1) is 11.3 Å². The predicted octanol–water partition coefficient (Wildman–Crippen LogP) is 7.86. The maximum atomic E-state index is 12.9. The van der Waals surface area contributed by atoms with E-state index in [0.29, 0.717) is 6.42 Å². The number of nitrogens with one attached hydrogen (secondary N) is 1. The third kappa shape index (κ3) is 5.50. The molecule has 6 heteroatoms. The molecule has 0 radical (unpaired) electrons. The number of allylic oxidation sites excluding steroid dienone is 2. The van der Waals surface area contributed by atoms with E-state index in [9.17, 15) is 9.59 Å². The van der Waals surface area contributed by atoms with Gasteiger partial charge >= 0.3 is 5.97 Å². The highest BCUT2D eigenvalue weighted by Crippen LogP contribution is 2.46. The van der Waals surface area contributed by atoms with Crippen LogP contribution in [0.1, 0.15) is 68.3 Å². The van der Waals surface area contributed by atoms with Crippen LogP contribution in [0.4, 0.5) is 5.13 Å². The van der Waals surface area contributed by atoms with Gasteiger partial charge in [0.05, 0.1) is 5.69 Å². The number of hydrogen-bond donors (Lipinski definition) is 1. The number of nitrogens with zero attached hydrogens (tertiary/aromatic N) is 1. The fourth-order valence-corrected chi connectivity index (χ4v) is 6.36. The molecule has 4 aromatic rings. The zero-order valence-electron chi connectivity index (χ0n) is 23.1. The van der Waals surface area contributed by atoms with E-state index in [-0.39, 0.29) is 35.7 Å². The lowest BCUT2D eigenvalue weighted by Gasteiger charge is -2.37. The van der Waals surface area contributed by atoms with Crippen molar-refractivity contribution < 1.29 is 14.3 Å². The van der Waals surface area contributed by atoms with Crippen LogP contribution in [-0.2, 0) is 19.9 Å². The minimum absolute atomic E-state index is 0.0133. The molecular weight excluding hydrogens is 516 g/mol. The molecule has 40 heavy (non-hydrogen) atoms. The van der Waals surface area contributed by atoms with E-state index < -0.39 is 11.5 Å². The number of thiazole rings is 1. The van der Waals surface area contributed by atoms with Gasteiger partial charge in [0.15, 0.2) is 16.7 Å². The molecule has 1 unspecified atom stereocenters. The molecule has 0 amide bonds. The predicted molar refractivity (Wildman–Crippen MR) is 160 cm³/mol. The highest BCUT2D eigenvalue weighted by molar-refractivity contribution is 7.13. The second-order valence-corrected chi connectivity index (χ2v) is 11.7. The van der Waals surface area contributed by atoms with Crippen LogP contribution >= 0.6 is 11.3 Å². The van der Waals surface area contributed by atoms with E-state index in [4.69, 9.17) is 9.72 Å². The van der Waals surface area contributed by atoms with Gasteiger partial charge in [0, 0.05) is 24.1 Å². The van der Waals surface area contributed by atoms with Crippen LogP contribution in [0.2, 0.25) is 0 Å². The molecule has 0 saturated carbocycles. The number of ketones is 1. The van der Waals surface area contributed by atoms with Crippen LogP contribution in [0.25, 0.3) is 0 Å². The Bertz CT molecular complexity index is 1400. The lowest BCUT2D eigenvalue weighted by Crippen LogP contribution is -2.38. The van der Waals surface area contributed by atoms with Crippen molar-refractivity contribution in [2.75, 3.05) is 5.32 Å². The van der Waals surface area contributed by atoms with E-state index in [0.717, 1.165) is 27.5 Å². The van der Waals surface area contributed by atoms with Crippen molar-refractivity contribution in [2.45, 2.75) is 51.5 Å². The Labute approximate surface area is 239 Å². The van der Waals surface area contributed by atoms with Gasteiger partial charge in [-0.25, -0.2) is 4.98 Å². The van der Waals surface area contributed by atoms with E-state index in [2.05, 4.69) is 97.3 Å². The summed E-state index contributed by atoms with van der Waals surface area (Å²) in [4.78, 5) is 30.0. The molecule has 0 fully saturated rings. The van der Waals surface area contributed by atoms with Crippen molar-refractivity contribution in [3.05, 3.63) is 131 Å². The largest absolute Gasteiger partial charge is 0.423 e. The summed E-state index contributed by atoms with van der Waals surface area (Å²) in [7, 11) is 0. The molecule has 0 saturated heterocycles. The average Bonchev–Trinajstić information content (AvgIpc) is 3.39. The van der Waals surface area contributed by atoms with Crippen LogP contribution in [0.3, 0.4) is 0 Å². The molecular formula is C34H34N2O3S. The molecule has 1 atom stereocenters. The molecule has 1 N–H and O–H groups in total. The summed E-state index contributed by atoms with van der Waals surface area (Å²) >= 11 is 1.56. The summed E-state index contributed by atoms with van der Waals surface area (Å²) in [5.41, 5.74) is 3.21. The average molecular weight is 551 g/mol. The number of benzene rings is 3. The van der Waals surface area contributed by atoms with Crippen molar-refractivity contribution in [1.82, 2.24) is 4.98 Å². The summed E-state index contributed by atoms with van der Waals surface area (Å²) in [6.45, 7) is 5.90. The molecule has 1 aliphatic carbocycles. The molecule has 5 nitrogen and oxygen atoms in total. The maximum absolute atomic E-state index is 12.9. The summed E-state index contributed by atoms with van der Waals surface area (Å²) < 4.78 is 5.37. The van der Waals surface area contributed by atoms with E-state index in [1.807, 2.05) is 18.2 Å². The van der Waals surface area contributed by atoms with Gasteiger partial charge < -0.3 is 10.1 Å². The number of rotatable bonds is 8. The summed E-state index contributed by atoms with van der Waals surface area (Å²) in [6.07, 6.45) is 2.84. The van der Waals surface area contributed by atoms with Gasteiger partial charge in [-0.1, -0.05) is 112 Å². The van der Waals surface area contributed by atoms with Gasteiger partial charge in [0.1, 0.15) is 5.54 Å². The van der Waals surface area contributed by atoms with Gasteiger partial charge in [0.25, 0.3) is 0 Å².